The number of hydrogen-bond donors (Lipinski definition) is 0. The highest BCUT2D eigenvalue weighted by Crippen LogP contribution is 2.45. The van der Waals surface area contributed by atoms with Crippen molar-refractivity contribution in [3.8, 4) is 10.4 Å². The van der Waals surface area contributed by atoms with Gasteiger partial charge in [-0.1, -0.05) is 24.3 Å². The maximum absolute atomic E-state index is 14.5. The third-order valence-corrected chi connectivity index (χ3v) is 7.54. The predicted octanol–water partition coefficient (Wildman–Crippen LogP) is 6.89. The van der Waals surface area contributed by atoms with E-state index < -0.39 is 16.6 Å². The predicted molar refractivity (Wildman–Crippen MR) is 131 cm³/mol. The third kappa shape index (κ3) is 4.01. The average molecular weight is 478 g/mol. The number of fused-ring (bicyclic) bond motifs is 1. The molecule has 3 aromatic carbocycles. The summed E-state index contributed by atoms with van der Waals surface area (Å²) in [5, 5.41) is 12.0. The molecule has 8 heteroatoms. The number of anilines is 2. The third-order valence-electron chi connectivity index (χ3n) is 6.10. The zero-order valence-electron chi connectivity index (χ0n) is 18.4. The first-order valence-electron chi connectivity index (χ1n) is 10.8. The number of nitro benzene ring substituents is 1. The zero-order chi connectivity index (χ0) is 23.8. The van der Waals surface area contributed by atoms with Crippen molar-refractivity contribution in [2.24, 2.45) is 0 Å². The molecule has 1 aliphatic rings. The summed E-state index contributed by atoms with van der Waals surface area (Å²) in [7, 11) is 0. The van der Waals surface area contributed by atoms with Crippen LogP contribution in [-0.2, 0) is 13.1 Å². The van der Waals surface area contributed by atoms with Gasteiger partial charge < -0.3 is 9.80 Å². The molecule has 0 aliphatic carbocycles. The van der Waals surface area contributed by atoms with Gasteiger partial charge in [0.2, 0.25) is 0 Å². The highest BCUT2D eigenvalue weighted by atomic mass is 32.1. The Kier molecular flexibility index (Phi) is 5.75. The summed E-state index contributed by atoms with van der Waals surface area (Å²) < 4.78 is 29.0. The fourth-order valence-electron chi connectivity index (χ4n) is 4.30. The molecule has 0 fully saturated rings. The maximum atomic E-state index is 14.5. The molecule has 0 saturated carbocycles. The largest absolute Gasteiger partial charge is 0.349 e. The molecule has 1 aliphatic heterocycles. The molecule has 5 nitrogen and oxygen atoms in total. The highest BCUT2D eigenvalue weighted by molar-refractivity contribution is 7.19. The van der Waals surface area contributed by atoms with E-state index in [0.717, 1.165) is 32.3 Å². The molecular weight excluding hydrogens is 456 g/mol. The van der Waals surface area contributed by atoms with Crippen LogP contribution in [0.5, 0.6) is 0 Å². The summed E-state index contributed by atoms with van der Waals surface area (Å²) in [6.07, 6.45) is 0. The molecule has 0 amide bonds. The Labute approximate surface area is 199 Å². The molecule has 5 rings (SSSR count). The first-order chi connectivity index (χ1) is 16.4. The van der Waals surface area contributed by atoms with Crippen LogP contribution in [0.2, 0.25) is 0 Å². The lowest BCUT2D eigenvalue weighted by Gasteiger charge is -2.38. The van der Waals surface area contributed by atoms with Crippen molar-refractivity contribution in [2.45, 2.75) is 20.0 Å². The van der Waals surface area contributed by atoms with Gasteiger partial charge in [-0.15, -0.1) is 11.3 Å². The summed E-state index contributed by atoms with van der Waals surface area (Å²) in [6, 6.07) is 20.3. The van der Waals surface area contributed by atoms with Gasteiger partial charge in [-0.25, -0.2) is 8.78 Å². The molecule has 172 valence electrons. The van der Waals surface area contributed by atoms with Gasteiger partial charge in [0, 0.05) is 40.4 Å². The smallest absolute Gasteiger partial charge is 0.269 e. The Morgan fingerprint density at radius 3 is 2.29 bits per heavy atom. The second kappa shape index (κ2) is 8.87. The molecule has 34 heavy (non-hydrogen) atoms. The van der Waals surface area contributed by atoms with E-state index in [-0.39, 0.29) is 17.8 Å². The normalized spacial score (nSPS) is 13.1. The van der Waals surface area contributed by atoms with Crippen LogP contribution in [0.3, 0.4) is 0 Å². The molecule has 0 N–H and O–H groups in total. The fraction of sp³-hybridized carbons (Fsp3) is 0.154. The standard InChI is InChI=1S/C26H21F2N3O2S/c1-17-21-14-29(19-6-3-2-4-7-19)16-30(15-22-23(27)8-5-9-24(22)28)26(21)34-25(17)18-10-12-20(13-11-18)31(32)33/h2-13H,14-16H2,1H3. The quantitative estimate of drug-likeness (QED) is 0.232. The summed E-state index contributed by atoms with van der Waals surface area (Å²) in [6.45, 7) is 3.26. The maximum Gasteiger partial charge on any atom is 0.269 e. The van der Waals surface area contributed by atoms with E-state index in [1.165, 1.54) is 30.3 Å². The van der Waals surface area contributed by atoms with E-state index in [4.69, 9.17) is 0 Å². The van der Waals surface area contributed by atoms with Gasteiger partial charge in [0.1, 0.15) is 11.6 Å². The van der Waals surface area contributed by atoms with E-state index in [0.29, 0.717) is 13.2 Å². The van der Waals surface area contributed by atoms with Crippen LogP contribution in [-0.4, -0.2) is 11.6 Å². The van der Waals surface area contributed by atoms with Gasteiger partial charge in [-0.3, -0.25) is 10.1 Å². The molecular formula is C26H21F2N3O2S. The first kappa shape index (κ1) is 22.0. The molecule has 4 aromatic rings. The molecule has 1 aromatic heterocycles. The van der Waals surface area contributed by atoms with E-state index in [1.54, 1.807) is 23.5 Å². The van der Waals surface area contributed by atoms with E-state index in [9.17, 15) is 18.9 Å². The van der Waals surface area contributed by atoms with Crippen molar-refractivity contribution in [3.63, 3.8) is 0 Å². The van der Waals surface area contributed by atoms with Gasteiger partial charge in [0.25, 0.3) is 5.69 Å². The Balaban J connectivity index is 1.58. The number of rotatable bonds is 5. The Morgan fingerprint density at radius 2 is 1.65 bits per heavy atom. The SMILES string of the molecule is Cc1c(-c2ccc([N+](=O)[O-])cc2)sc2c1CN(c1ccccc1)CN2Cc1c(F)cccc1F. The number of thiophene rings is 1. The highest BCUT2D eigenvalue weighted by Gasteiger charge is 2.29. The van der Waals surface area contributed by atoms with Crippen LogP contribution in [0.25, 0.3) is 10.4 Å². The van der Waals surface area contributed by atoms with Crippen LogP contribution in [0.1, 0.15) is 16.7 Å². The van der Waals surface area contributed by atoms with Crippen LogP contribution in [0.4, 0.5) is 25.2 Å². The first-order valence-corrected chi connectivity index (χ1v) is 11.6. The molecule has 0 radical (unpaired) electrons. The van der Waals surface area contributed by atoms with Crippen molar-refractivity contribution in [3.05, 3.63) is 111 Å². The second-order valence-electron chi connectivity index (χ2n) is 8.22. The molecule has 0 unspecified atom stereocenters. The van der Waals surface area contributed by atoms with Crippen molar-refractivity contribution in [2.75, 3.05) is 16.5 Å². The molecule has 2 heterocycles. The van der Waals surface area contributed by atoms with Crippen molar-refractivity contribution < 1.29 is 13.7 Å². The lowest BCUT2D eigenvalue weighted by atomic mass is 10.0. The Hall–Kier alpha value is -3.78. The van der Waals surface area contributed by atoms with Gasteiger partial charge in [-0.2, -0.15) is 0 Å². The Bertz CT molecular complexity index is 1340. The van der Waals surface area contributed by atoms with Gasteiger partial charge in [0.05, 0.1) is 23.1 Å². The topological polar surface area (TPSA) is 49.6 Å². The lowest BCUT2D eigenvalue weighted by Crippen LogP contribution is -2.41. The fourth-order valence-corrected chi connectivity index (χ4v) is 5.62. The van der Waals surface area contributed by atoms with E-state index in [2.05, 4.69) is 4.90 Å². The molecule has 0 spiro atoms. The number of nitro groups is 1. The minimum absolute atomic E-state index is 0.0336. The minimum atomic E-state index is -0.567. The minimum Gasteiger partial charge on any atom is -0.349 e. The summed E-state index contributed by atoms with van der Waals surface area (Å²) >= 11 is 1.55. The van der Waals surface area contributed by atoms with Crippen LogP contribution in [0, 0.1) is 28.7 Å². The van der Waals surface area contributed by atoms with Gasteiger partial charge in [0.15, 0.2) is 0 Å². The van der Waals surface area contributed by atoms with E-state index >= 15 is 0 Å². The average Bonchev–Trinajstić information content (AvgIpc) is 3.18. The zero-order valence-corrected chi connectivity index (χ0v) is 19.2. The van der Waals surface area contributed by atoms with Crippen molar-refractivity contribution in [1.82, 2.24) is 0 Å². The Morgan fingerprint density at radius 1 is 0.971 bits per heavy atom. The van der Waals surface area contributed by atoms with Crippen molar-refractivity contribution in [1.29, 1.82) is 0 Å². The van der Waals surface area contributed by atoms with Crippen LogP contribution < -0.4 is 9.80 Å². The number of para-hydroxylation sites is 1. The van der Waals surface area contributed by atoms with Gasteiger partial charge >= 0.3 is 0 Å². The van der Waals surface area contributed by atoms with Crippen LogP contribution >= 0.6 is 11.3 Å². The summed E-state index contributed by atoms with van der Waals surface area (Å²) in [5.74, 6) is -1.13. The number of non-ortho nitro benzene ring substituents is 1. The molecule has 0 atom stereocenters. The molecule has 0 saturated heterocycles. The number of benzene rings is 3. The molecule has 0 bridgehead atoms. The van der Waals surface area contributed by atoms with Crippen LogP contribution in [0.15, 0.2) is 72.8 Å². The number of hydrogen-bond acceptors (Lipinski definition) is 5. The van der Waals surface area contributed by atoms with Gasteiger partial charge in [-0.05, 0) is 54.4 Å². The second-order valence-corrected chi connectivity index (χ2v) is 9.22. The summed E-state index contributed by atoms with van der Waals surface area (Å²) in [5.41, 5.74) is 4.13. The number of halogens is 2. The lowest BCUT2D eigenvalue weighted by molar-refractivity contribution is -0.384. The van der Waals surface area contributed by atoms with E-state index in [1.807, 2.05) is 42.2 Å². The summed E-state index contributed by atoms with van der Waals surface area (Å²) in [4.78, 5) is 15.8. The number of nitrogens with zero attached hydrogens (tertiary/aromatic N) is 3. The monoisotopic (exact) mass is 477 g/mol. The van der Waals surface area contributed by atoms with Crippen molar-refractivity contribution >= 4 is 27.7 Å².